The monoisotopic (exact) mass is 418 g/mol. The highest BCUT2D eigenvalue weighted by Gasteiger charge is 2.30. The molecule has 0 unspecified atom stereocenters. The summed E-state index contributed by atoms with van der Waals surface area (Å²) < 4.78 is 18.4. The van der Waals surface area contributed by atoms with Crippen LogP contribution in [-0.2, 0) is 34.0 Å². The third kappa shape index (κ3) is 7.46. The number of ether oxygens (including phenoxy) is 3. The van der Waals surface area contributed by atoms with Gasteiger partial charge in [0, 0.05) is 0 Å². The molecule has 0 radical (unpaired) electrons. The summed E-state index contributed by atoms with van der Waals surface area (Å²) in [6.45, 7) is 4.93. The average Bonchev–Trinajstić information content (AvgIpc) is 2.84. The molecule has 0 aliphatic heterocycles. The molecule has 0 aliphatic carbocycles. The number of hydrogen-bond acceptors (Lipinski definition) is 4. The molecule has 0 saturated heterocycles. The van der Waals surface area contributed by atoms with Gasteiger partial charge in [-0.3, -0.25) is 0 Å². The van der Waals surface area contributed by atoms with E-state index in [2.05, 4.69) is 6.58 Å². The van der Waals surface area contributed by atoms with Crippen molar-refractivity contribution in [2.45, 2.75) is 38.1 Å². The van der Waals surface area contributed by atoms with Crippen LogP contribution >= 0.6 is 0 Å². The largest absolute Gasteiger partial charge is 0.394 e. The lowest BCUT2D eigenvalue weighted by atomic mass is 10.1. The van der Waals surface area contributed by atoms with Gasteiger partial charge >= 0.3 is 0 Å². The van der Waals surface area contributed by atoms with Crippen LogP contribution in [0.5, 0.6) is 0 Å². The Morgan fingerprint density at radius 1 is 0.645 bits per heavy atom. The van der Waals surface area contributed by atoms with Gasteiger partial charge in [-0.15, -0.1) is 6.58 Å². The van der Waals surface area contributed by atoms with Gasteiger partial charge in [-0.05, 0) is 16.7 Å². The fourth-order valence-corrected chi connectivity index (χ4v) is 3.27. The maximum Gasteiger partial charge on any atom is 0.116 e. The molecule has 162 valence electrons. The van der Waals surface area contributed by atoms with Crippen LogP contribution in [0.4, 0.5) is 0 Å². The van der Waals surface area contributed by atoms with Crippen molar-refractivity contribution in [2.24, 2.45) is 0 Å². The predicted octanol–water partition coefficient (Wildman–Crippen LogP) is 4.92. The van der Waals surface area contributed by atoms with Crippen LogP contribution in [0.25, 0.3) is 0 Å². The van der Waals surface area contributed by atoms with E-state index in [1.54, 1.807) is 6.08 Å². The van der Waals surface area contributed by atoms with E-state index in [-0.39, 0.29) is 6.61 Å². The molecule has 4 heteroatoms. The summed E-state index contributed by atoms with van der Waals surface area (Å²) in [4.78, 5) is 0. The lowest BCUT2D eigenvalue weighted by Gasteiger charge is -2.31. The van der Waals surface area contributed by atoms with Gasteiger partial charge in [0.15, 0.2) is 0 Å². The summed E-state index contributed by atoms with van der Waals surface area (Å²) in [6.07, 6.45) is 0.183. The average molecular weight is 419 g/mol. The van der Waals surface area contributed by atoms with Crippen molar-refractivity contribution in [1.82, 2.24) is 0 Å². The van der Waals surface area contributed by atoms with Gasteiger partial charge in [0.1, 0.15) is 18.3 Å². The van der Waals surface area contributed by atoms with E-state index in [9.17, 15) is 5.11 Å². The van der Waals surface area contributed by atoms with Crippen molar-refractivity contribution in [3.05, 3.63) is 120 Å². The minimum atomic E-state index is -0.567. The zero-order valence-electron chi connectivity index (χ0n) is 17.7. The number of aliphatic hydroxyl groups excluding tert-OH is 1. The fourth-order valence-electron chi connectivity index (χ4n) is 3.27. The first-order chi connectivity index (χ1) is 15.3. The van der Waals surface area contributed by atoms with Crippen LogP contribution in [0.3, 0.4) is 0 Å². The Morgan fingerprint density at radius 2 is 1.06 bits per heavy atom. The first kappa shape index (κ1) is 22.9. The fraction of sp³-hybridized carbons (Fsp3) is 0.259. The third-order valence-corrected chi connectivity index (χ3v) is 4.98. The van der Waals surface area contributed by atoms with Crippen LogP contribution in [0, 0.1) is 0 Å². The van der Waals surface area contributed by atoms with E-state index in [1.807, 2.05) is 91.0 Å². The zero-order chi connectivity index (χ0) is 21.7. The van der Waals surface area contributed by atoms with Gasteiger partial charge in [0.25, 0.3) is 0 Å². The van der Waals surface area contributed by atoms with Crippen molar-refractivity contribution in [2.75, 3.05) is 6.61 Å². The van der Waals surface area contributed by atoms with E-state index in [0.717, 1.165) is 16.7 Å². The topological polar surface area (TPSA) is 47.9 Å². The normalized spacial score (nSPS) is 14.0. The highest BCUT2D eigenvalue weighted by atomic mass is 16.6. The SMILES string of the molecule is C=C[C@@H](OCc1ccccc1)[C@H](OCc1ccccc1)[C@@H](CO)OCc1ccccc1. The van der Waals surface area contributed by atoms with E-state index in [1.165, 1.54) is 0 Å². The molecule has 1 N–H and O–H groups in total. The summed E-state index contributed by atoms with van der Waals surface area (Å²) in [6, 6.07) is 29.7. The molecule has 3 aromatic carbocycles. The lowest BCUT2D eigenvalue weighted by Crippen LogP contribution is -2.43. The van der Waals surface area contributed by atoms with E-state index >= 15 is 0 Å². The first-order valence-corrected chi connectivity index (χ1v) is 10.5. The zero-order valence-corrected chi connectivity index (χ0v) is 17.7. The molecule has 0 aliphatic rings. The van der Waals surface area contributed by atoms with Crippen LogP contribution in [0.15, 0.2) is 104 Å². The second-order valence-electron chi connectivity index (χ2n) is 7.28. The molecule has 0 spiro atoms. The molecule has 0 amide bonds. The maximum atomic E-state index is 10.1. The summed E-state index contributed by atoms with van der Waals surface area (Å²) in [5.74, 6) is 0. The van der Waals surface area contributed by atoms with Crippen LogP contribution < -0.4 is 0 Å². The molecule has 4 nitrogen and oxygen atoms in total. The van der Waals surface area contributed by atoms with Gasteiger partial charge in [-0.2, -0.15) is 0 Å². The Morgan fingerprint density at radius 3 is 1.48 bits per heavy atom. The molecule has 3 aromatic rings. The molecule has 0 saturated carbocycles. The molecule has 0 aromatic heterocycles. The van der Waals surface area contributed by atoms with Crippen LogP contribution in [-0.4, -0.2) is 30.0 Å². The Balaban J connectivity index is 1.71. The van der Waals surface area contributed by atoms with Crippen molar-refractivity contribution in [3.8, 4) is 0 Å². The van der Waals surface area contributed by atoms with Crippen LogP contribution in [0.2, 0.25) is 0 Å². The van der Waals surface area contributed by atoms with E-state index < -0.39 is 18.3 Å². The Labute approximate surface area is 184 Å². The summed E-state index contributed by atoms with van der Waals surface area (Å²) in [7, 11) is 0. The number of aliphatic hydroxyl groups is 1. The maximum absolute atomic E-state index is 10.1. The summed E-state index contributed by atoms with van der Waals surface area (Å²) >= 11 is 0. The Kier molecular flexibility index (Phi) is 9.48. The third-order valence-electron chi connectivity index (χ3n) is 4.98. The summed E-state index contributed by atoms with van der Waals surface area (Å²) in [5, 5.41) is 10.1. The minimum absolute atomic E-state index is 0.189. The second kappa shape index (κ2) is 12.8. The van der Waals surface area contributed by atoms with Gasteiger partial charge in [-0.25, -0.2) is 0 Å². The standard InChI is InChI=1S/C27H30O4/c1-2-25(29-19-22-12-6-3-7-13-22)27(31-21-24-16-10-5-11-17-24)26(18-28)30-20-23-14-8-4-9-15-23/h2-17,25-28H,1,18-21H2/t25-,26-,27+/m1/s1. The summed E-state index contributed by atoms with van der Waals surface area (Å²) in [5.41, 5.74) is 3.13. The quantitative estimate of drug-likeness (QED) is 0.400. The highest BCUT2D eigenvalue weighted by molar-refractivity contribution is 5.15. The van der Waals surface area contributed by atoms with Crippen molar-refractivity contribution < 1.29 is 19.3 Å². The Hall–Kier alpha value is -2.76. The molecular weight excluding hydrogens is 388 g/mol. The number of rotatable bonds is 13. The van der Waals surface area contributed by atoms with Crippen molar-refractivity contribution >= 4 is 0 Å². The van der Waals surface area contributed by atoms with Crippen LogP contribution in [0.1, 0.15) is 16.7 Å². The van der Waals surface area contributed by atoms with Gasteiger partial charge < -0.3 is 19.3 Å². The second-order valence-corrected chi connectivity index (χ2v) is 7.28. The van der Waals surface area contributed by atoms with E-state index in [0.29, 0.717) is 19.8 Å². The number of benzene rings is 3. The van der Waals surface area contributed by atoms with Crippen molar-refractivity contribution in [3.63, 3.8) is 0 Å². The molecule has 0 bridgehead atoms. The van der Waals surface area contributed by atoms with Gasteiger partial charge in [0.05, 0.1) is 26.4 Å². The first-order valence-electron chi connectivity index (χ1n) is 10.5. The molecular formula is C27H30O4. The molecule has 0 fully saturated rings. The molecule has 3 rings (SSSR count). The number of hydrogen-bond donors (Lipinski definition) is 1. The van der Waals surface area contributed by atoms with Gasteiger partial charge in [-0.1, -0.05) is 97.1 Å². The minimum Gasteiger partial charge on any atom is -0.394 e. The van der Waals surface area contributed by atoms with E-state index in [4.69, 9.17) is 14.2 Å². The smallest absolute Gasteiger partial charge is 0.116 e. The highest BCUT2D eigenvalue weighted by Crippen LogP contribution is 2.19. The molecule has 0 heterocycles. The Bertz CT molecular complexity index is 868. The lowest BCUT2D eigenvalue weighted by molar-refractivity contribution is -0.149. The predicted molar refractivity (Wildman–Crippen MR) is 122 cm³/mol. The van der Waals surface area contributed by atoms with Crippen molar-refractivity contribution in [1.29, 1.82) is 0 Å². The molecule has 3 atom stereocenters. The van der Waals surface area contributed by atoms with Gasteiger partial charge in [0.2, 0.25) is 0 Å². The molecule has 31 heavy (non-hydrogen) atoms.